The SMILES string of the molecule is C[C@H]1CN(C(=O)c2cccc(CNc3ccncc3Cl)c2)CCO1. The summed E-state index contributed by atoms with van der Waals surface area (Å²) in [5.74, 6) is 0.0499. The van der Waals surface area contributed by atoms with Gasteiger partial charge in [-0.15, -0.1) is 0 Å². The predicted octanol–water partition coefficient (Wildman–Crippen LogP) is 3.21. The van der Waals surface area contributed by atoms with E-state index in [1.54, 1.807) is 12.4 Å². The standard InChI is InChI=1S/C18H20ClN3O2/c1-13-12-22(7-8-24-13)18(23)15-4-2-3-14(9-15)10-21-17-5-6-20-11-16(17)19/h2-6,9,11,13H,7-8,10,12H2,1H3,(H,20,21)/t13-/m0/s1. The molecule has 1 aromatic carbocycles. The van der Waals surface area contributed by atoms with E-state index in [0.717, 1.165) is 11.3 Å². The fraction of sp³-hybridized carbons (Fsp3) is 0.333. The van der Waals surface area contributed by atoms with Crippen LogP contribution in [-0.4, -0.2) is 41.6 Å². The van der Waals surface area contributed by atoms with Crippen molar-refractivity contribution in [3.05, 3.63) is 58.9 Å². The van der Waals surface area contributed by atoms with Crippen LogP contribution in [0.5, 0.6) is 0 Å². The number of nitrogens with one attached hydrogen (secondary N) is 1. The molecule has 1 aromatic heterocycles. The van der Waals surface area contributed by atoms with Gasteiger partial charge in [0.1, 0.15) is 0 Å². The molecule has 2 aromatic rings. The van der Waals surface area contributed by atoms with Crippen LogP contribution >= 0.6 is 11.6 Å². The molecule has 1 saturated heterocycles. The van der Waals surface area contributed by atoms with Gasteiger partial charge >= 0.3 is 0 Å². The summed E-state index contributed by atoms with van der Waals surface area (Å²) in [4.78, 5) is 18.5. The Labute approximate surface area is 146 Å². The summed E-state index contributed by atoms with van der Waals surface area (Å²) in [6.07, 6.45) is 3.37. The molecule has 1 aliphatic rings. The highest BCUT2D eigenvalue weighted by atomic mass is 35.5. The van der Waals surface area contributed by atoms with Gasteiger partial charge in [-0.25, -0.2) is 0 Å². The zero-order chi connectivity index (χ0) is 16.9. The molecule has 3 rings (SSSR count). The number of hydrogen-bond donors (Lipinski definition) is 1. The highest BCUT2D eigenvalue weighted by Crippen LogP contribution is 2.20. The molecule has 0 bridgehead atoms. The lowest BCUT2D eigenvalue weighted by Gasteiger charge is -2.31. The van der Waals surface area contributed by atoms with Crippen molar-refractivity contribution in [3.8, 4) is 0 Å². The quantitative estimate of drug-likeness (QED) is 0.924. The molecule has 0 aliphatic carbocycles. The Morgan fingerprint density at radius 1 is 1.46 bits per heavy atom. The van der Waals surface area contributed by atoms with Gasteiger partial charge in [-0.2, -0.15) is 0 Å². The summed E-state index contributed by atoms with van der Waals surface area (Å²) in [5.41, 5.74) is 2.55. The van der Waals surface area contributed by atoms with Gasteiger partial charge in [0.15, 0.2) is 0 Å². The molecule has 24 heavy (non-hydrogen) atoms. The molecule has 5 nitrogen and oxygen atoms in total. The van der Waals surface area contributed by atoms with Crippen LogP contribution in [0.15, 0.2) is 42.7 Å². The first kappa shape index (κ1) is 16.7. The molecule has 1 aliphatic heterocycles. The van der Waals surface area contributed by atoms with Crippen molar-refractivity contribution in [2.75, 3.05) is 25.0 Å². The lowest BCUT2D eigenvalue weighted by molar-refractivity contribution is -0.0124. The summed E-state index contributed by atoms with van der Waals surface area (Å²) >= 11 is 6.09. The number of hydrogen-bond acceptors (Lipinski definition) is 4. The molecular formula is C18H20ClN3O2. The summed E-state index contributed by atoms with van der Waals surface area (Å²) in [7, 11) is 0. The number of aromatic nitrogens is 1. The van der Waals surface area contributed by atoms with E-state index in [4.69, 9.17) is 16.3 Å². The fourth-order valence-electron chi connectivity index (χ4n) is 2.72. The van der Waals surface area contributed by atoms with Crippen LogP contribution < -0.4 is 5.32 Å². The average molecular weight is 346 g/mol. The maximum absolute atomic E-state index is 12.6. The fourth-order valence-corrected chi connectivity index (χ4v) is 2.90. The molecule has 0 unspecified atom stereocenters. The van der Waals surface area contributed by atoms with Gasteiger partial charge in [-0.3, -0.25) is 9.78 Å². The van der Waals surface area contributed by atoms with Crippen molar-refractivity contribution in [1.82, 2.24) is 9.88 Å². The van der Waals surface area contributed by atoms with Crippen molar-refractivity contribution in [2.24, 2.45) is 0 Å². The van der Waals surface area contributed by atoms with E-state index in [1.807, 2.05) is 42.2 Å². The Hall–Kier alpha value is -2.11. The third kappa shape index (κ3) is 4.04. The number of nitrogens with zero attached hydrogens (tertiary/aromatic N) is 2. The number of carbonyl (C=O) groups is 1. The molecule has 0 spiro atoms. The molecule has 0 radical (unpaired) electrons. The van der Waals surface area contributed by atoms with Crippen molar-refractivity contribution >= 4 is 23.2 Å². The van der Waals surface area contributed by atoms with Crippen LogP contribution in [0, 0.1) is 0 Å². The Morgan fingerprint density at radius 2 is 2.33 bits per heavy atom. The van der Waals surface area contributed by atoms with E-state index in [2.05, 4.69) is 10.3 Å². The van der Waals surface area contributed by atoms with E-state index in [1.165, 1.54) is 0 Å². The number of morpholine rings is 1. The second-order valence-electron chi connectivity index (χ2n) is 5.84. The monoisotopic (exact) mass is 345 g/mol. The second kappa shape index (κ2) is 7.64. The highest BCUT2D eigenvalue weighted by Gasteiger charge is 2.22. The van der Waals surface area contributed by atoms with Crippen LogP contribution in [-0.2, 0) is 11.3 Å². The zero-order valence-corrected chi connectivity index (χ0v) is 14.3. The summed E-state index contributed by atoms with van der Waals surface area (Å²) in [5, 5.41) is 3.84. The minimum atomic E-state index is 0.0499. The van der Waals surface area contributed by atoms with E-state index < -0.39 is 0 Å². The second-order valence-corrected chi connectivity index (χ2v) is 6.25. The van der Waals surface area contributed by atoms with Crippen LogP contribution in [0.3, 0.4) is 0 Å². The lowest BCUT2D eigenvalue weighted by Crippen LogP contribution is -2.44. The number of carbonyl (C=O) groups excluding carboxylic acids is 1. The largest absolute Gasteiger partial charge is 0.380 e. The van der Waals surface area contributed by atoms with Crippen molar-refractivity contribution in [1.29, 1.82) is 0 Å². The first-order valence-electron chi connectivity index (χ1n) is 7.96. The average Bonchev–Trinajstić information content (AvgIpc) is 2.61. The van der Waals surface area contributed by atoms with Crippen molar-refractivity contribution < 1.29 is 9.53 Å². The predicted molar refractivity (Wildman–Crippen MR) is 94.3 cm³/mol. The molecule has 1 atom stereocenters. The molecule has 1 fully saturated rings. The van der Waals surface area contributed by atoms with Gasteiger partial charge in [0.25, 0.3) is 5.91 Å². The van der Waals surface area contributed by atoms with Crippen molar-refractivity contribution in [3.63, 3.8) is 0 Å². The van der Waals surface area contributed by atoms with Gasteiger partial charge in [-0.1, -0.05) is 23.7 Å². The van der Waals surface area contributed by atoms with E-state index in [-0.39, 0.29) is 12.0 Å². The van der Waals surface area contributed by atoms with Gasteiger partial charge in [0.05, 0.1) is 23.4 Å². The Bertz CT molecular complexity index is 723. The minimum absolute atomic E-state index is 0.0499. The van der Waals surface area contributed by atoms with Crippen LogP contribution in [0.2, 0.25) is 5.02 Å². The molecule has 1 amide bonds. The van der Waals surface area contributed by atoms with Crippen LogP contribution in [0.25, 0.3) is 0 Å². The Kier molecular flexibility index (Phi) is 5.33. The minimum Gasteiger partial charge on any atom is -0.380 e. The molecule has 2 heterocycles. The van der Waals surface area contributed by atoms with Crippen LogP contribution in [0.4, 0.5) is 5.69 Å². The first-order chi connectivity index (χ1) is 11.6. The molecule has 0 saturated carbocycles. The van der Waals surface area contributed by atoms with E-state index in [0.29, 0.717) is 36.8 Å². The lowest BCUT2D eigenvalue weighted by atomic mass is 10.1. The van der Waals surface area contributed by atoms with Gasteiger partial charge in [-0.05, 0) is 30.7 Å². The topological polar surface area (TPSA) is 54.5 Å². The highest BCUT2D eigenvalue weighted by molar-refractivity contribution is 6.33. The normalized spacial score (nSPS) is 17.6. The number of pyridine rings is 1. The summed E-state index contributed by atoms with van der Waals surface area (Å²) in [6, 6.07) is 9.49. The van der Waals surface area contributed by atoms with Crippen LogP contribution in [0.1, 0.15) is 22.8 Å². The number of halogens is 1. The van der Waals surface area contributed by atoms with Gasteiger partial charge < -0.3 is 15.0 Å². The smallest absolute Gasteiger partial charge is 0.254 e. The van der Waals surface area contributed by atoms with E-state index >= 15 is 0 Å². The Balaban J connectivity index is 1.67. The molecular weight excluding hydrogens is 326 g/mol. The zero-order valence-electron chi connectivity index (χ0n) is 13.5. The number of ether oxygens (including phenoxy) is 1. The summed E-state index contributed by atoms with van der Waals surface area (Å²) < 4.78 is 5.50. The maximum atomic E-state index is 12.6. The van der Waals surface area contributed by atoms with Gasteiger partial charge in [0, 0.05) is 37.6 Å². The van der Waals surface area contributed by atoms with Crippen molar-refractivity contribution in [2.45, 2.75) is 19.6 Å². The number of amides is 1. The molecule has 1 N–H and O–H groups in total. The third-order valence-corrected chi connectivity index (χ3v) is 4.26. The third-order valence-electron chi connectivity index (χ3n) is 3.96. The summed E-state index contributed by atoms with van der Waals surface area (Å²) in [6.45, 7) is 4.43. The molecule has 6 heteroatoms. The maximum Gasteiger partial charge on any atom is 0.254 e. The first-order valence-corrected chi connectivity index (χ1v) is 8.34. The number of rotatable bonds is 4. The Morgan fingerprint density at radius 3 is 3.12 bits per heavy atom. The van der Waals surface area contributed by atoms with E-state index in [9.17, 15) is 4.79 Å². The number of benzene rings is 1. The number of anilines is 1. The molecule has 126 valence electrons. The van der Waals surface area contributed by atoms with Gasteiger partial charge in [0.2, 0.25) is 0 Å².